The fraction of sp³-hybridized carbons (Fsp3) is 0.600. The molecule has 1 fully saturated rings. The number of rotatable bonds is 6. The molecule has 1 aromatic rings. The summed E-state index contributed by atoms with van der Waals surface area (Å²) in [5.41, 5.74) is 2.57. The molecule has 1 unspecified atom stereocenters. The summed E-state index contributed by atoms with van der Waals surface area (Å²) >= 11 is 0. The number of carbonyl (C=O) groups excluding carboxylic acids is 1. The molecule has 19 heavy (non-hydrogen) atoms. The van der Waals surface area contributed by atoms with E-state index in [2.05, 4.69) is 21.7 Å². The molecule has 0 aliphatic heterocycles. The van der Waals surface area contributed by atoms with E-state index in [0.29, 0.717) is 18.5 Å². The van der Waals surface area contributed by atoms with E-state index in [-0.39, 0.29) is 5.91 Å². The highest BCUT2D eigenvalue weighted by Gasteiger charge is 2.24. The zero-order chi connectivity index (χ0) is 13.1. The van der Waals surface area contributed by atoms with Crippen molar-refractivity contribution in [3.63, 3.8) is 0 Å². The summed E-state index contributed by atoms with van der Waals surface area (Å²) in [7, 11) is 0. The molecule has 0 bridgehead atoms. The number of hydrogen-bond donors (Lipinski definition) is 2. The van der Waals surface area contributed by atoms with Crippen LogP contribution in [0.2, 0.25) is 0 Å². The van der Waals surface area contributed by atoms with Crippen LogP contribution in [0.25, 0.3) is 0 Å². The van der Waals surface area contributed by atoms with Gasteiger partial charge in [0, 0.05) is 18.7 Å². The van der Waals surface area contributed by atoms with Crippen LogP contribution in [-0.2, 0) is 11.2 Å². The van der Waals surface area contributed by atoms with Crippen molar-refractivity contribution in [1.82, 2.24) is 15.6 Å². The predicted molar refractivity (Wildman–Crippen MR) is 73.7 cm³/mol. The number of aryl methyl sites for hydroxylation is 1. The fourth-order valence-corrected chi connectivity index (χ4v) is 2.66. The lowest BCUT2D eigenvalue weighted by molar-refractivity contribution is -0.121. The summed E-state index contributed by atoms with van der Waals surface area (Å²) in [6, 6.07) is 5.02. The third kappa shape index (κ3) is 3.32. The SMILES string of the molecule is O=C(CCCNC1CCc2cccnc21)NC1CC1. The van der Waals surface area contributed by atoms with Crippen molar-refractivity contribution in [3.8, 4) is 0 Å². The molecule has 2 aliphatic rings. The Morgan fingerprint density at radius 3 is 3.11 bits per heavy atom. The lowest BCUT2D eigenvalue weighted by atomic mass is 10.2. The first kappa shape index (κ1) is 12.6. The minimum Gasteiger partial charge on any atom is -0.353 e. The minimum absolute atomic E-state index is 0.203. The Morgan fingerprint density at radius 1 is 1.37 bits per heavy atom. The second kappa shape index (κ2) is 5.70. The zero-order valence-corrected chi connectivity index (χ0v) is 11.2. The van der Waals surface area contributed by atoms with E-state index >= 15 is 0 Å². The van der Waals surface area contributed by atoms with Gasteiger partial charge in [0.2, 0.25) is 5.91 Å². The van der Waals surface area contributed by atoms with E-state index in [1.807, 2.05) is 12.3 Å². The summed E-state index contributed by atoms with van der Waals surface area (Å²) in [4.78, 5) is 16.0. The first-order valence-corrected chi connectivity index (χ1v) is 7.29. The van der Waals surface area contributed by atoms with Crippen molar-refractivity contribution in [2.75, 3.05) is 6.54 Å². The molecule has 3 rings (SSSR count). The number of fused-ring (bicyclic) bond motifs is 1. The molecule has 0 saturated heterocycles. The average molecular weight is 259 g/mol. The van der Waals surface area contributed by atoms with Crippen LogP contribution in [0.15, 0.2) is 18.3 Å². The number of aromatic nitrogens is 1. The van der Waals surface area contributed by atoms with Gasteiger partial charge in [-0.2, -0.15) is 0 Å². The number of pyridine rings is 1. The summed E-state index contributed by atoms with van der Waals surface area (Å²) in [5, 5.41) is 6.54. The smallest absolute Gasteiger partial charge is 0.220 e. The normalized spacial score (nSPS) is 21.2. The standard InChI is InChI=1S/C15H21N3O/c19-14(18-12-6-7-12)4-2-9-16-13-8-5-11-3-1-10-17-15(11)13/h1,3,10,12-13,16H,2,4-9H2,(H,18,19). The molecule has 2 N–H and O–H groups in total. The Morgan fingerprint density at radius 2 is 2.26 bits per heavy atom. The van der Waals surface area contributed by atoms with Crippen LogP contribution in [0.4, 0.5) is 0 Å². The molecule has 1 heterocycles. The first-order valence-electron chi connectivity index (χ1n) is 7.29. The van der Waals surface area contributed by atoms with Crippen LogP contribution in [0.5, 0.6) is 0 Å². The van der Waals surface area contributed by atoms with E-state index in [0.717, 1.165) is 38.6 Å². The summed E-state index contributed by atoms with van der Waals surface area (Å²) in [6.45, 7) is 0.888. The topological polar surface area (TPSA) is 54.0 Å². The van der Waals surface area contributed by atoms with E-state index in [1.54, 1.807) is 0 Å². The Balaban J connectivity index is 1.37. The van der Waals surface area contributed by atoms with Crippen LogP contribution in [-0.4, -0.2) is 23.5 Å². The lowest BCUT2D eigenvalue weighted by Crippen LogP contribution is -2.27. The van der Waals surface area contributed by atoms with Crippen LogP contribution < -0.4 is 10.6 Å². The monoisotopic (exact) mass is 259 g/mol. The van der Waals surface area contributed by atoms with Crippen molar-refractivity contribution >= 4 is 5.91 Å². The van der Waals surface area contributed by atoms with Gasteiger partial charge in [-0.15, -0.1) is 0 Å². The van der Waals surface area contributed by atoms with Crippen molar-refractivity contribution < 1.29 is 4.79 Å². The van der Waals surface area contributed by atoms with E-state index in [4.69, 9.17) is 0 Å². The van der Waals surface area contributed by atoms with Crippen molar-refractivity contribution in [2.24, 2.45) is 0 Å². The van der Waals surface area contributed by atoms with Crippen molar-refractivity contribution in [2.45, 2.75) is 50.6 Å². The van der Waals surface area contributed by atoms with Gasteiger partial charge >= 0.3 is 0 Å². The van der Waals surface area contributed by atoms with Crippen molar-refractivity contribution in [3.05, 3.63) is 29.6 Å². The minimum atomic E-state index is 0.203. The van der Waals surface area contributed by atoms with Crippen LogP contribution in [0, 0.1) is 0 Å². The van der Waals surface area contributed by atoms with Gasteiger partial charge < -0.3 is 10.6 Å². The Kier molecular flexibility index (Phi) is 3.78. The van der Waals surface area contributed by atoms with Crippen molar-refractivity contribution in [1.29, 1.82) is 0 Å². The van der Waals surface area contributed by atoms with Crippen LogP contribution >= 0.6 is 0 Å². The maximum Gasteiger partial charge on any atom is 0.220 e. The van der Waals surface area contributed by atoms with Crippen LogP contribution in [0.3, 0.4) is 0 Å². The van der Waals surface area contributed by atoms with E-state index < -0.39 is 0 Å². The third-order valence-corrected chi connectivity index (χ3v) is 3.87. The predicted octanol–water partition coefficient (Wildman–Crippen LogP) is 1.72. The van der Waals surface area contributed by atoms with E-state index in [9.17, 15) is 4.79 Å². The highest BCUT2D eigenvalue weighted by Crippen LogP contribution is 2.28. The molecular formula is C15H21N3O. The molecule has 4 heteroatoms. The Labute approximate surface area is 114 Å². The van der Waals surface area contributed by atoms with Gasteiger partial charge in [-0.3, -0.25) is 9.78 Å². The lowest BCUT2D eigenvalue weighted by Gasteiger charge is -2.12. The van der Waals surface area contributed by atoms with Gasteiger partial charge in [0.15, 0.2) is 0 Å². The maximum absolute atomic E-state index is 11.5. The number of carbonyl (C=O) groups is 1. The first-order chi connectivity index (χ1) is 9.33. The molecule has 102 valence electrons. The van der Waals surface area contributed by atoms with Gasteiger partial charge in [-0.05, 0) is 50.3 Å². The van der Waals surface area contributed by atoms with Gasteiger partial charge in [0.25, 0.3) is 0 Å². The van der Waals surface area contributed by atoms with E-state index in [1.165, 1.54) is 11.3 Å². The van der Waals surface area contributed by atoms with Gasteiger partial charge in [0.05, 0.1) is 11.7 Å². The quantitative estimate of drug-likeness (QED) is 0.765. The second-order valence-electron chi connectivity index (χ2n) is 5.54. The van der Waals surface area contributed by atoms with Crippen LogP contribution in [0.1, 0.15) is 49.4 Å². The highest BCUT2D eigenvalue weighted by atomic mass is 16.1. The molecule has 1 amide bonds. The second-order valence-corrected chi connectivity index (χ2v) is 5.54. The molecule has 0 aromatic carbocycles. The molecule has 2 aliphatic carbocycles. The summed E-state index contributed by atoms with van der Waals surface area (Å²) in [6.07, 6.45) is 7.96. The van der Waals surface area contributed by atoms with Gasteiger partial charge in [-0.25, -0.2) is 0 Å². The third-order valence-electron chi connectivity index (χ3n) is 3.87. The molecular weight excluding hydrogens is 238 g/mol. The van der Waals surface area contributed by atoms with Gasteiger partial charge in [-0.1, -0.05) is 6.07 Å². The molecule has 0 radical (unpaired) electrons. The molecule has 1 saturated carbocycles. The number of nitrogens with zero attached hydrogens (tertiary/aromatic N) is 1. The molecule has 1 atom stereocenters. The number of hydrogen-bond acceptors (Lipinski definition) is 3. The zero-order valence-electron chi connectivity index (χ0n) is 11.2. The highest BCUT2D eigenvalue weighted by molar-refractivity contribution is 5.76. The largest absolute Gasteiger partial charge is 0.353 e. The number of nitrogens with one attached hydrogen (secondary N) is 2. The molecule has 1 aromatic heterocycles. The Hall–Kier alpha value is -1.42. The number of amides is 1. The average Bonchev–Trinajstić information content (AvgIpc) is 3.14. The molecule has 4 nitrogen and oxygen atoms in total. The molecule has 0 spiro atoms. The Bertz CT molecular complexity index is 456. The summed E-state index contributed by atoms with van der Waals surface area (Å²) < 4.78 is 0. The fourth-order valence-electron chi connectivity index (χ4n) is 2.66. The maximum atomic E-state index is 11.5. The summed E-state index contributed by atoms with van der Waals surface area (Å²) in [5.74, 6) is 0.203. The van der Waals surface area contributed by atoms with Gasteiger partial charge in [0.1, 0.15) is 0 Å².